The number of alkyl halides is 3. The number of hydrogen-bond acceptors (Lipinski definition) is 26. The van der Waals surface area contributed by atoms with Gasteiger partial charge in [0.15, 0.2) is 30.8 Å². The van der Waals surface area contributed by atoms with Crippen molar-refractivity contribution in [1.29, 1.82) is 0 Å². The number of imide groups is 1. The Balaban J connectivity index is 0.000000234. The molecule has 2 amide bonds. The predicted molar refractivity (Wildman–Crippen MR) is 357 cm³/mol. The molecule has 9 aromatic rings. The number of Topliss-reactive ketones (excluding diaryl/α,β-unsaturated/α-hetero) is 1. The summed E-state index contributed by atoms with van der Waals surface area (Å²) in [4.78, 5) is 108. The molecule has 7 N–H and O–H groups in total. The number of anilines is 10. The Kier molecular flexibility index (Phi) is 28.1. The minimum Gasteiger partial charge on any atom is -0.475 e. The van der Waals surface area contributed by atoms with Crippen LogP contribution in [0, 0.1) is 20.8 Å². The number of nitrogens with zero attached hydrogens (tertiary/aromatic N) is 10. The molecule has 0 radical (unpaired) electrons. The van der Waals surface area contributed by atoms with E-state index in [0.717, 1.165) is 34.6 Å². The largest absolute Gasteiger partial charge is 0.490 e. The lowest BCUT2D eigenvalue weighted by atomic mass is 10.1. The van der Waals surface area contributed by atoms with Crippen LogP contribution in [0.15, 0.2) is 124 Å². The highest BCUT2D eigenvalue weighted by Crippen LogP contribution is 2.30. The van der Waals surface area contributed by atoms with E-state index in [4.69, 9.17) is 79.0 Å². The van der Waals surface area contributed by atoms with Gasteiger partial charge < -0.3 is 59.7 Å². The number of esters is 1. The summed E-state index contributed by atoms with van der Waals surface area (Å²) in [5.41, 5.74) is 4.73. The van der Waals surface area contributed by atoms with Gasteiger partial charge in [-0.3, -0.25) is 19.2 Å². The third-order valence-electron chi connectivity index (χ3n) is 11.5. The maximum Gasteiger partial charge on any atom is 0.490 e. The molecule has 28 nitrogen and oxygen atoms in total. The summed E-state index contributed by atoms with van der Waals surface area (Å²) in [6.07, 6.45) is 2.00. The van der Waals surface area contributed by atoms with Crippen LogP contribution in [0.3, 0.4) is 0 Å². The number of halogens is 7. The zero-order valence-electron chi connectivity index (χ0n) is 53.9. The molecule has 0 aliphatic rings. The summed E-state index contributed by atoms with van der Waals surface area (Å²) in [5, 5.41) is 25.3. The Morgan fingerprint density at radius 3 is 1.26 bits per heavy atom. The summed E-state index contributed by atoms with van der Waals surface area (Å²) in [5.74, 6) is -0.747. The van der Waals surface area contributed by atoms with Crippen LogP contribution in [0.25, 0.3) is 0 Å². The Labute approximate surface area is 572 Å². The normalized spacial score (nSPS) is 10.8. The molecule has 35 heteroatoms. The van der Waals surface area contributed by atoms with Gasteiger partial charge in [-0.15, -0.1) is 0 Å². The molecule has 6 aromatic heterocycles. The van der Waals surface area contributed by atoms with Crippen LogP contribution >= 0.6 is 46.4 Å². The second kappa shape index (κ2) is 35.3. The number of carbonyl (C=O) groups is 6. The van der Waals surface area contributed by atoms with Gasteiger partial charge in [-0.2, -0.15) is 38.0 Å². The average Bonchev–Trinajstić information content (AvgIpc) is 1.80. The first-order valence-corrected chi connectivity index (χ1v) is 29.8. The molecule has 0 spiro atoms. The quantitative estimate of drug-likeness (QED) is 0.0253. The maximum absolute atomic E-state index is 13.3. The molecule has 0 fully saturated rings. The number of ether oxygens (including phenoxy) is 2. The molecule has 0 aliphatic heterocycles. The average molecular weight is 1430 g/mol. The molecule has 0 atom stereocenters. The number of nitrogens with one attached hydrogen (secondary N) is 6. The number of amides is 2. The number of carboxylic acids is 1. The minimum atomic E-state index is -5.08. The van der Waals surface area contributed by atoms with E-state index < -0.39 is 40.6 Å². The standard InChI is InChI=1S/C21H23ClN6O4.C17H16ClN5O2.C13H12Cl2N4O.C9H13NO3.C2HF3O2/c1-12-8-16(23-5)27-19(25-12)26-13-6-7-15(22)14(9-13)18(29)28(17-10-31-11-24-17)20(30)32-21(2,3)4;1-10-5-16(19-2)23-17(21-10)22-11-3-4-14(18)13(6-11)15(24)7-12-8-25-9-20-12;1-7-5-11(16-2)19-13(17-7)18-8-3-4-10(14)9(6-8)12(15)20;1-9(2,3)13-8(11)4-7-5-12-6-10-7;3-2(4,5)1(6)7/h6-11H,1-5H3,(H2,23,25,26,27);3-6,8-9H,7H2,1-2H3,(H2,19,21,22,23);3-6H,1-2H3,(H2,16,17,18,19);5-6H,4H2,1-3H3;(H,6,7). The SMILES string of the molecule is CC(C)(C)OC(=O)Cc1cocn1.CNc1cc(C)nc(Nc2ccc(Cl)c(C(=O)Cc3cocn3)c2)n1.CNc1cc(C)nc(Nc2ccc(Cl)c(C(=O)Cl)c2)n1.CNc1cc(C)nc(Nc2ccc(Cl)c(C(=O)N(C(=O)OC(C)(C)C)c3cocn3)c2)n1.O=C(O)C(F)(F)F. The van der Waals surface area contributed by atoms with Crippen LogP contribution in [-0.2, 0) is 31.9 Å². The summed E-state index contributed by atoms with van der Waals surface area (Å²) < 4.78 is 56.8. The van der Waals surface area contributed by atoms with Crippen molar-refractivity contribution >= 4 is 140 Å². The van der Waals surface area contributed by atoms with Crippen molar-refractivity contribution < 1.29 is 69.8 Å². The van der Waals surface area contributed by atoms with Crippen molar-refractivity contribution in [1.82, 2.24) is 44.9 Å². The molecule has 0 bridgehead atoms. The monoisotopic (exact) mass is 1420 g/mol. The number of aliphatic carboxylic acids is 1. The van der Waals surface area contributed by atoms with Gasteiger partial charge in [0.05, 0.1) is 50.4 Å². The number of ketones is 1. The first-order valence-electron chi connectivity index (χ1n) is 28.3. The number of carboxylic acid groups (broad SMARTS) is 1. The van der Waals surface area contributed by atoms with E-state index in [1.165, 1.54) is 37.4 Å². The maximum atomic E-state index is 13.3. The zero-order valence-corrected chi connectivity index (χ0v) is 56.9. The van der Waals surface area contributed by atoms with Gasteiger partial charge in [0.2, 0.25) is 17.8 Å². The van der Waals surface area contributed by atoms with E-state index in [0.29, 0.717) is 79.4 Å². The number of carbonyl (C=O) groups excluding carboxylic acids is 5. The van der Waals surface area contributed by atoms with Crippen molar-refractivity contribution in [2.75, 3.05) is 57.9 Å². The zero-order chi connectivity index (χ0) is 72.0. The van der Waals surface area contributed by atoms with Gasteiger partial charge in [0.25, 0.3) is 11.1 Å². The van der Waals surface area contributed by atoms with Crippen molar-refractivity contribution in [2.24, 2.45) is 0 Å². The topological polar surface area (TPSA) is 372 Å². The number of rotatable bonds is 17. The molecule has 9 rings (SSSR count). The molecule has 3 aromatic carbocycles. The molecule has 514 valence electrons. The van der Waals surface area contributed by atoms with Gasteiger partial charge in [0.1, 0.15) is 47.4 Å². The van der Waals surface area contributed by atoms with E-state index in [2.05, 4.69) is 76.8 Å². The number of oxazole rings is 3. The first kappa shape index (κ1) is 77.2. The van der Waals surface area contributed by atoms with Crippen molar-refractivity contribution in [2.45, 2.75) is 92.5 Å². The Bertz CT molecular complexity index is 4160. The van der Waals surface area contributed by atoms with E-state index in [1.807, 2.05) is 53.7 Å². The Morgan fingerprint density at radius 2 is 0.897 bits per heavy atom. The first-order chi connectivity index (χ1) is 45.5. The fraction of sp³-hybridized carbons (Fsp3) is 0.274. The van der Waals surface area contributed by atoms with Gasteiger partial charge in [0, 0.05) is 79.0 Å². The second-order valence-electron chi connectivity index (χ2n) is 21.7. The molecule has 0 unspecified atom stereocenters. The highest BCUT2D eigenvalue weighted by atomic mass is 35.5. The molecule has 0 aliphatic carbocycles. The van der Waals surface area contributed by atoms with Crippen LogP contribution in [0.5, 0.6) is 0 Å². The van der Waals surface area contributed by atoms with Crippen molar-refractivity contribution in [3.05, 3.63) is 171 Å². The summed E-state index contributed by atoms with van der Waals surface area (Å²) in [6, 6.07) is 20.1. The molecule has 0 saturated carbocycles. The third-order valence-corrected chi connectivity index (χ3v) is 12.7. The van der Waals surface area contributed by atoms with E-state index in [9.17, 15) is 37.1 Å². The number of aryl methyl sites for hydroxylation is 3. The fourth-order valence-corrected chi connectivity index (χ4v) is 8.27. The third kappa shape index (κ3) is 26.0. The van der Waals surface area contributed by atoms with E-state index in [-0.39, 0.29) is 46.6 Å². The summed E-state index contributed by atoms with van der Waals surface area (Å²) in [6.45, 7) is 16.1. The number of hydrogen-bond donors (Lipinski definition) is 7. The fourth-order valence-electron chi connectivity index (χ4n) is 7.44. The lowest BCUT2D eigenvalue weighted by Gasteiger charge is -2.25. The summed E-state index contributed by atoms with van der Waals surface area (Å²) in [7, 11) is 5.31. The predicted octanol–water partition coefficient (Wildman–Crippen LogP) is 14.2. The van der Waals surface area contributed by atoms with E-state index in [1.54, 1.807) is 90.4 Å². The van der Waals surface area contributed by atoms with Crippen molar-refractivity contribution in [3.63, 3.8) is 0 Å². The van der Waals surface area contributed by atoms with Gasteiger partial charge >= 0.3 is 24.2 Å². The lowest BCUT2D eigenvalue weighted by Crippen LogP contribution is -2.41. The summed E-state index contributed by atoms with van der Waals surface area (Å²) >= 11 is 23.8. The van der Waals surface area contributed by atoms with E-state index >= 15 is 0 Å². The Morgan fingerprint density at radius 1 is 0.526 bits per heavy atom. The van der Waals surface area contributed by atoms with Gasteiger partial charge in [-0.25, -0.2) is 34.5 Å². The second-order valence-corrected chi connectivity index (χ2v) is 23.3. The van der Waals surface area contributed by atoms with Crippen LogP contribution in [0.4, 0.5) is 76.1 Å². The van der Waals surface area contributed by atoms with Crippen LogP contribution in [0.2, 0.25) is 15.1 Å². The van der Waals surface area contributed by atoms with Crippen LogP contribution in [0.1, 0.15) is 101 Å². The van der Waals surface area contributed by atoms with Gasteiger partial charge in [-0.05, 0) is 129 Å². The molecular formula is C62H65Cl4F3N16O12. The number of aromatic nitrogens is 9. The molecule has 6 heterocycles. The van der Waals surface area contributed by atoms with Crippen LogP contribution < -0.4 is 36.8 Å². The highest BCUT2D eigenvalue weighted by Gasteiger charge is 2.38. The Hall–Kier alpha value is -10.5. The van der Waals surface area contributed by atoms with Crippen LogP contribution in [-0.4, -0.2) is 123 Å². The highest BCUT2D eigenvalue weighted by molar-refractivity contribution is 6.68. The molecule has 0 saturated heterocycles. The lowest BCUT2D eigenvalue weighted by molar-refractivity contribution is -0.192. The van der Waals surface area contributed by atoms with Crippen molar-refractivity contribution in [3.8, 4) is 0 Å². The minimum absolute atomic E-state index is 0.0284. The smallest absolute Gasteiger partial charge is 0.475 e. The molecular weight excluding hydrogens is 1360 g/mol. The number of benzene rings is 3. The van der Waals surface area contributed by atoms with Gasteiger partial charge in [-0.1, -0.05) is 34.8 Å². The molecule has 97 heavy (non-hydrogen) atoms.